The smallest absolute Gasteiger partial charge is 0.288 e. The monoisotopic (exact) mass is 242 g/mol. The van der Waals surface area contributed by atoms with Gasteiger partial charge in [0.1, 0.15) is 0 Å². The van der Waals surface area contributed by atoms with Crippen molar-refractivity contribution >= 4 is 9.84 Å². The maximum Gasteiger partial charge on any atom is 0.288 e. The highest BCUT2D eigenvalue weighted by molar-refractivity contribution is 7.94. The van der Waals surface area contributed by atoms with Crippen LogP contribution in [0.1, 0.15) is 13.8 Å². The van der Waals surface area contributed by atoms with E-state index in [0.717, 1.165) is 5.41 Å². The molecule has 0 aliphatic rings. The summed E-state index contributed by atoms with van der Waals surface area (Å²) in [6, 6.07) is 0. The molecule has 0 radical (unpaired) electrons. The Bertz CT molecular complexity index is 543. The number of nitrogens with zero attached hydrogens (tertiary/aromatic N) is 2. The molecule has 0 bridgehead atoms. The first-order valence-corrected chi connectivity index (χ1v) is 6.36. The Kier molecular flexibility index (Phi) is 3.64. The second-order valence-corrected chi connectivity index (χ2v) is 5.61. The van der Waals surface area contributed by atoms with Gasteiger partial charge in [0.15, 0.2) is 0 Å². The summed E-state index contributed by atoms with van der Waals surface area (Å²) < 4.78 is 24.3. The summed E-state index contributed by atoms with van der Waals surface area (Å²) in [5, 5.41) is 0.266. The van der Waals surface area contributed by atoms with Crippen molar-refractivity contribution in [2.24, 2.45) is 5.92 Å². The number of aromatic nitrogens is 2. The molecule has 5 nitrogen and oxygen atoms in total. The van der Waals surface area contributed by atoms with Gasteiger partial charge < -0.3 is 4.57 Å². The number of hydrogen-bond acceptors (Lipinski definition) is 4. The molecule has 1 aromatic rings. The highest BCUT2D eigenvalue weighted by Crippen LogP contribution is 2.03. The molecular formula is C10H14N2O3S. The predicted octanol–water partition coefficient (Wildman–Crippen LogP) is 0.816. The number of sulfone groups is 1. The summed E-state index contributed by atoms with van der Waals surface area (Å²) >= 11 is 0. The van der Waals surface area contributed by atoms with E-state index in [1.807, 2.05) is 13.8 Å². The van der Waals surface area contributed by atoms with Crippen LogP contribution < -0.4 is 5.56 Å². The average molecular weight is 242 g/mol. The summed E-state index contributed by atoms with van der Waals surface area (Å²) in [5.41, 5.74) is -0.601. The molecule has 1 aromatic heterocycles. The molecule has 0 N–H and O–H groups in total. The van der Waals surface area contributed by atoms with Gasteiger partial charge in [-0.3, -0.25) is 4.79 Å². The van der Waals surface area contributed by atoms with E-state index in [0.29, 0.717) is 6.54 Å². The summed E-state index contributed by atoms with van der Waals surface area (Å²) in [5.74, 6) is 0.249. The largest absolute Gasteiger partial charge is 0.311 e. The Morgan fingerprint density at radius 3 is 2.69 bits per heavy atom. The molecule has 1 heterocycles. The van der Waals surface area contributed by atoms with Crippen LogP contribution in [0.5, 0.6) is 0 Å². The minimum absolute atomic E-state index is 0.249. The van der Waals surface area contributed by atoms with Crippen LogP contribution in [0.25, 0.3) is 0 Å². The Morgan fingerprint density at radius 2 is 2.19 bits per heavy atom. The van der Waals surface area contributed by atoms with Gasteiger partial charge in [0.05, 0.1) is 0 Å². The van der Waals surface area contributed by atoms with E-state index in [4.69, 9.17) is 0 Å². The maximum absolute atomic E-state index is 11.8. The first-order valence-electron chi connectivity index (χ1n) is 4.81. The fraction of sp³-hybridized carbons (Fsp3) is 0.400. The third-order valence-corrected chi connectivity index (χ3v) is 3.19. The van der Waals surface area contributed by atoms with Crippen molar-refractivity contribution in [3.05, 3.63) is 34.7 Å². The molecule has 0 amide bonds. The average Bonchev–Trinajstić information content (AvgIpc) is 2.20. The summed E-state index contributed by atoms with van der Waals surface area (Å²) in [4.78, 5) is 15.4. The van der Waals surface area contributed by atoms with Crippen LogP contribution in [0, 0.1) is 5.92 Å². The Hall–Kier alpha value is -1.43. The predicted molar refractivity (Wildman–Crippen MR) is 60.7 cm³/mol. The molecule has 0 atom stereocenters. The standard InChI is InChI=1S/C10H14N2O3S/c1-4-16(14,15)9-10(13)12(6-5-11-9)7-8(2)3/h4-6,8H,1,7H2,2-3H3. The van der Waals surface area contributed by atoms with Gasteiger partial charge in [-0.2, -0.15) is 0 Å². The van der Waals surface area contributed by atoms with Gasteiger partial charge in [0, 0.05) is 24.3 Å². The molecule has 6 heteroatoms. The van der Waals surface area contributed by atoms with Crippen molar-refractivity contribution < 1.29 is 8.42 Å². The Labute approximate surface area is 94.4 Å². The van der Waals surface area contributed by atoms with E-state index < -0.39 is 20.4 Å². The van der Waals surface area contributed by atoms with Gasteiger partial charge in [-0.15, -0.1) is 0 Å². The van der Waals surface area contributed by atoms with Gasteiger partial charge in [0.2, 0.25) is 14.9 Å². The number of rotatable bonds is 4. The molecular weight excluding hydrogens is 228 g/mol. The van der Waals surface area contributed by atoms with Crippen LogP contribution in [-0.4, -0.2) is 18.0 Å². The van der Waals surface area contributed by atoms with Gasteiger partial charge in [0.25, 0.3) is 5.56 Å². The van der Waals surface area contributed by atoms with E-state index in [-0.39, 0.29) is 5.92 Å². The molecule has 0 saturated carbocycles. The van der Waals surface area contributed by atoms with Crippen molar-refractivity contribution in [3.63, 3.8) is 0 Å². The maximum atomic E-state index is 11.8. The van der Waals surface area contributed by atoms with Crippen molar-refractivity contribution in [2.45, 2.75) is 25.4 Å². The third-order valence-electron chi connectivity index (χ3n) is 1.93. The van der Waals surface area contributed by atoms with Crippen molar-refractivity contribution in [2.75, 3.05) is 0 Å². The Morgan fingerprint density at radius 1 is 1.56 bits per heavy atom. The highest BCUT2D eigenvalue weighted by Gasteiger charge is 2.17. The van der Waals surface area contributed by atoms with Crippen LogP contribution in [-0.2, 0) is 16.4 Å². The molecule has 0 aliphatic heterocycles. The second-order valence-electron chi connectivity index (χ2n) is 3.80. The summed E-state index contributed by atoms with van der Waals surface area (Å²) in [6.45, 7) is 7.50. The highest BCUT2D eigenvalue weighted by atomic mass is 32.2. The molecule has 88 valence electrons. The normalized spacial score (nSPS) is 11.7. The van der Waals surface area contributed by atoms with E-state index in [1.165, 1.54) is 17.0 Å². The summed E-state index contributed by atoms with van der Waals surface area (Å²) in [7, 11) is -3.77. The summed E-state index contributed by atoms with van der Waals surface area (Å²) in [6.07, 6.45) is 2.78. The van der Waals surface area contributed by atoms with Gasteiger partial charge >= 0.3 is 0 Å². The van der Waals surface area contributed by atoms with Crippen LogP contribution in [0.2, 0.25) is 0 Å². The van der Waals surface area contributed by atoms with Gasteiger partial charge in [-0.05, 0) is 5.92 Å². The van der Waals surface area contributed by atoms with Crippen LogP contribution in [0.15, 0.2) is 34.2 Å². The first kappa shape index (κ1) is 12.6. The lowest BCUT2D eigenvalue weighted by molar-refractivity contribution is 0.499. The van der Waals surface area contributed by atoms with Crippen LogP contribution in [0.3, 0.4) is 0 Å². The quantitative estimate of drug-likeness (QED) is 0.783. The van der Waals surface area contributed by atoms with Crippen LogP contribution >= 0.6 is 0 Å². The van der Waals surface area contributed by atoms with E-state index in [1.54, 1.807) is 0 Å². The molecule has 0 unspecified atom stereocenters. The topological polar surface area (TPSA) is 69.0 Å². The zero-order valence-corrected chi connectivity index (χ0v) is 10.1. The second kappa shape index (κ2) is 4.61. The zero-order valence-electron chi connectivity index (χ0n) is 9.25. The van der Waals surface area contributed by atoms with Crippen molar-refractivity contribution in [1.82, 2.24) is 9.55 Å². The molecule has 0 aromatic carbocycles. The lowest BCUT2D eigenvalue weighted by Crippen LogP contribution is -2.27. The number of hydrogen-bond donors (Lipinski definition) is 0. The van der Waals surface area contributed by atoms with E-state index >= 15 is 0 Å². The fourth-order valence-corrected chi connectivity index (χ4v) is 1.96. The SMILES string of the molecule is C=CS(=O)(=O)c1nccn(CC(C)C)c1=O. The molecule has 0 saturated heterocycles. The molecule has 0 aliphatic carbocycles. The van der Waals surface area contributed by atoms with Crippen LogP contribution in [0.4, 0.5) is 0 Å². The fourth-order valence-electron chi connectivity index (χ4n) is 1.24. The lowest BCUT2D eigenvalue weighted by atomic mass is 10.2. The zero-order chi connectivity index (χ0) is 12.3. The van der Waals surface area contributed by atoms with E-state index in [2.05, 4.69) is 11.6 Å². The van der Waals surface area contributed by atoms with Crippen molar-refractivity contribution in [1.29, 1.82) is 0 Å². The molecule has 1 rings (SSSR count). The molecule has 16 heavy (non-hydrogen) atoms. The first-order chi connectivity index (χ1) is 7.38. The minimum Gasteiger partial charge on any atom is -0.311 e. The minimum atomic E-state index is -3.77. The molecule has 0 spiro atoms. The Balaban J connectivity index is 3.36. The van der Waals surface area contributed by atoms with Gasteiger partial charge in [-0.25, -0.2) is 13.4 Å². The van der Waals surface area contributed by atoms with E-state index in [9.17, 15) is 13.2 Å². The van der Waals surface area contributed by atoms with Crippen molar-refractivity contribution in [3.8, 4) is 0 Å². The lowest BCUT2D eigenvalue weighted by Gasteiger charge is -2.08. The van der Waals surface area contributed by atoms with Gasteiger partial charge in [-0.1, -0.05) is 20.4 Å². The third kappa shape index (κ3) is 2.57. The molecule has 0 fully saturated rings.